The Morgan fingerprint density at radius 2 is 0.432 bits per heavy atom. The highest BCUT2D eigenvalue weighted by atomic mass is 16.5. The third-order valence-electron chi connectivity index (χ3n) is 17.1. The second kappa shape index (κ2) is 36.4. The molecule has 0 fully saturated rings. The summed E-state index contributed by atoms with van der Waals surface area (Å²) in [4.78, 5) is 0. The molecule has 14 nitrogen and oxygen atoms in total. The van der Waals surface area contributed by atoms with Crippen molar-refractivity contribution in [2.24, 2.45) is 5.41 Å². The van der Waals surface area contributed by atoms with Gasteiger partial charge in [0.1, 0.15) is 51.3 Å². The Bertz CT molecular complexity index is 3060. The first kappa shape index (κ1) is 70.8. The average molecular weight is 1290 g/mol. The molecule has 0 heterocycles. The van der Waals surface area contributed by atoms with Crippen LogP contribution in [0.2, 0.25) is 0 Å². The van der Waals surface area contributed by atoms with Gasteiger partial charge >= 0.3 is 0 Å². The minimum Gasteiger partial charge on any atom is -0.497 e. The smallest absolute Gasteiger partial charge is 0.143 e. The zero-order chi connectivity index (χ0) is 66.5. The van der Waals surface area contributed by atoms with Gasteiger partial charge in [0.15, 0.2) is 0 Å². The normalized spacial score (nSPS) is 11.9. The minimum atomic E-state index is -0.991. The molecule has 9 rings (SSSR count). The highest BCUT2D eigenvalue weighted by Gasteiger charge is 2.41. The number of aliphatic hydroxyl groups excluding tert-OH is 1. The van der Waals surface area contributed by atoms with Crippen LogP contribution in [0.25, 0.3) is 0 Å². The van der Waals surface area contributed by atoms with Crippen molar-refractivity contribution in [1.29, 1.82) is 0 Å². The summed E-state index contributed by atoms with van der Waals surface area (Å²) in [5.41, 5.74) is 4.82. The fourth-order valence-corrected chi connectivity index (χ4v) is 12.1. The molecule has 0 unspecified atom stereocenters. The number of aliphatic hydroxyl groups is 1. The van der Waals surface area contributed by atoms with Gasteiger partial charge in [-0.3, -0.25) is 0 Å². The van der Waals surface area contributed by atoms with Crippen molar-refractivity contribution >= 4 is 0 Å². The van der Waals surface area contributed by atoms with E-state index in [9.17, 15) is 5.11 Å². The first-order valence-corrected chi connectivity index (χ1v) is 32.6. The van der Waals surface area contributed by atoms with Gasteiger partial charge in [0, 0.05) is 33.0 Å². The van der Waals surface area contributed by atoms with Gasteiger partial charge in [-0.25, -0.2) is 0 Å². The number of benzene rings is 9. The Kier molecular flexibility index (Phi) is 27.1. The van der Waals surface area contributed by atoms with Gasteiger partial charge in [0.2, 0.25) is 0 Å². The van der Waals surface area contributed by atoms with Crippen molar-refractivity contribution in [2.75, 3.05) is 122 Å². The van der Waals surface area contributed by atoms with E-state index in [-0.39, 0.29) is 33.0 Å². The van der Waals surface area contributed by atoms with Gasteiger partial charge in [-0.15, -0.1) is 0 Å². The second-order valence-corrected chi connectivity index (χ2v) is 23.3. The van der Waals surface area contributed by atoms with Crippen molar-refractivity contribution in [2.45, 2.75) is 48.9 Å². The van der Waals surface area contributed by atoms with Crippen LogP contribution in [0, 0.1) is 5.41 Å². The standard InChI is InChI=1S/C81H92O14/c1-83-72-39-27-66(28-40-72)79(63-21-10-7-11-22-63,67-29-41-73(84-2)42-30-67)93-56-18-53-90-60-78(59-89-52-17-16-51-82,61-91-54-19-57-94-80(64-23-12-8-13-24-64,68-31-43-74(85-3)44-32-68)69-33-45-75(86-4)46-34-69)62-92-55-20-58-95-81(65-25-14-9-15-26-65,70-35-47-76(87-5)48-36-70)71-37-49-77(88-6)50-38-71/h7-15,21-50,82H,16-20,51-62H2,1-6H3. The molecule has 0 radical (unpaired) electrons. The first-order valence-electron chi connectivity index (χ1n) is 32.6. The molecule has 0 atom stereocenters. The fraction of sp³-hybridized carbons (Fsp3) is 0.333. The lowest BCUT2D eigenvalue weighted by molar-refractivity contribution is -0.113. The Balaban J connectivity index is 0.960. The highest BCUT2D eigenvalue weighted by Crippen LogP contribution is 2.45. The predicted octanol–water partition coefficient (Wildman–Crippen LogP) is 15.1. The molecule has 14 heteroatoms. The SMILES string of the molecule is COc1ccc(C(OCCCOCC(COCCCCO)(COCCCOC(c2ccccc2)(c2ccc(OC)cc2)c2ccc(OC)cc2)COCCCOC(c2ccccc2)(c2ccc(OC)cc2)c2ccc(OC)cc2)(c2ccccc2)c2ccc(OC)cc2)cc1. The molecule has 9 aromatic rings. The van der Waals surface area contributed by atoms with Crippen LogP contribution in [0.4, 0.5) is 0 Å². The lowest BCUT2D eigenvalue weighted by Gasteiger charge is -2.36. The number of hydrogen-bond donors (Lipinski definition) is 1. The van der Waals surface area contributed by atoms with Crippen molar-refractivity contribution in [3.63, 3.8) is 0 Å². The Labute approximate surface area is 561 Å². The van der Waals surface area contributed by atoms with Gasteiger partial charge in [-0.2, -0.15) is 0 Å². The maximum atomic E-state index is 9.77. The van der Waals surface area contributed by atoms with Gasteiger partial charge in [-0.05, 0) is 155 Å². The molecule has 0 aliphatic rings. The first-order chi connectivity index (χ1) is 46.7. The van der Waals surface area contributed by atoms with Gasteiger partial charge < -0.3 is 66.7 Å². The van der Waals surface area contributed by atoms with Crippen molar-refractivity contribution in [3.8, 4) is 34.5 Å². The monoisotopic (exact) mass is 1290 g/mol. The molecule has 500 valence electrons. The van der Waals surface area contributed by atoms with Crippen LogP contribution in [0.5, 0.6) is 34.5 Å². The van der Waals surface area contributed by atoms with Crippen LogP contribution in [0.15, 0.2) is 237 Å². The second-order valence-electron chi connectivity index (χ2n) is 23.3. The molecule has 9 aromatic carbocycles. The maximum absolute atomic E-state index is 9.77. The molecule has 0 saturated heterocycles. The quantitative estimate of drug-likeness (QED) is 0.0287. The Hall–Kier alpha value is -8.54. The summed E-state index contributed by atoms with van der Waals surface area (Å²) >= 11 is 0. The number of hydrogen-bond acceptors (Lipinski definition) is 14. The summed E-state index contributed by atoms with van der Waals surface area (Å²) in [6.45, 7) is 3.65. The molecule has 0 aliphatic carbocycles. The molecule has 95 heavy (non-hydrogen) atoms. The summed E-state index contributed by atoms with van der Waals surface area (Å²) in [6.07, 6.45) is 2.97. The number of rotatable bonds is 42. The summed E-state index contributed by atoms with van der Waals surface area (Å²) in [7, 11) is 10.00. The Morgan fingerprint density at radius 3 is 0.632 bits per heavy atom. The predicted molar refractivity (Wildman–Crippen MR) is 371 cm³/mol. The van der Waals surface area contributed by atoms with E-state index in [4.69, 9.17) is 61.6 Å². The molecule has 0 bridgehead atoms. The number of methoxy groups -OCH3 is 6. The van der Waals surface area contributed by atoms with Crippen molar-refractivity contribution in [1.82, 2.24) is 0 Å². The number of unbranched alkanes of at least 4 members (excludes halogenated alkanes) is 1. The average Bonchev–Trinajstić information content (AvgIpc) is 0.775. The summed E-state index contributed by atoms with van der Waals surface area (Å²) in [6, 6.07) is 79.1. The minimum absolute atomic E-state index is 0.0729. The maximum Gasteiger partial charge on any atom is 0.143 e. The molecule has 1 N–H and O–H groups in total. The largest absolute Gasteiger partial charge is 0.497 e. The van der Waals surface area contributed by atoms with E-state index in [1.54, 1.807) is 42.7 Å². The lowest BCUT2D eigenvalue weighted by Crippen LogP contribution is -2.42. The van der Waals surface area contributed by atoms with Crippen LogP contribution in [-0.4, -0.2) is 127 Å². The molecule has 0 spiro atoms. The topological polar surface area (TPSA) is 140 Å². The van der Waals surface area contributed by atoms with E-state index in [0.717, 1.165) is 84.6 Å². The molecule has 0 amide bonds. The van der Waals surface area contributed by atoms with E-state index >= 15 is 0 Å². The summed E-state index contributed by atoms with van der Waals surface area (Å²) < 4.78 is 82.3. The van der Waals surface area contributed by atoms with Crippen LogP contribution in [-0.2, 0) is 50.0 Å². The van der Waals surface area contributed by atoms with Crippen LogP contribution >= 0.6 is 0 Å². The fourth-order valence-electron chi connectivity index (χ4n) is 12.1. The third kappa shape index (κ3) is 17.9. The van der Waals surface area contributed by atoms with Crippen LogP contribution in [0.1, 0.15) is 82.2 Å². The molecule has 0 saturated carbocycles. The molecular weight excluding hydrogens is 1200 g/mol. The van der Waals surface area contributed by atoms with E-state index < -0.39 is 22.2 Å². The zero-order valence-corrected chi connectivity index (χ0v) is 55.8. The lowest BCUT2D eigenvalue weighted by atomic mass is 9.80. The van der Waals surface area contributed by atoms with E-state index in [2.05, 4.69) is 109 Å². The summed E-state index contributed by atoms with van der Waals surface area (Å²) in [5.74, 6) is 4.46. The van der Waals surface area contributed by atoms with Gasteiger partial charge in [-0.1, -0.05) is 164 Å². The van der Waals surface area contributed by atoms with Gasteiger partial charge in [0.25, 0.3) is 0 Å². The molecule has 0 aromatic heterocycles. The highest BCUT2D eigenvalue weighted by molar-refractivity contribution is 5.53. The third-order valence-corrected chi connectivity index (χ3v) is 17.1. The summed E-state index contributed by atoms with van der Waals surface area (Å²) in [5, 5.41) is 9.77. The molecule has 0 aliphatic heterocycles. The molecular formula is C81H92O14. The van der Waals surface area contributed by atoms with Crippen LogP contribution in [0.3, 0.4) is 0 Å². The van der Waals surface area contributed by atoms with Crippen molar-refractivity contribution < 1.29 is 66.7 Å². The van der Waals surface area contributed by atoms with E-state index in [1.807, 2.05) is 127 Å². The van der Waals surface area contributed by atoms with Crippen LogP contribution < -0.4 is 28.4 Å². The van der Waals surface area contributed by atoms with E-state index in [1.165, 1.54) is 0 Å². The number of ether oxygens (including phenoxy) is 13. The zero-order valence-electron chi connectivity index (χ0n) is 55.8. The van der Waals surface area contributed by atoms with Gasteiger partial charge in [0.05, 0.1) is 94.3 Å². The van der Waals surface area contributed by atoms with E-state index in [0.29, 0.717) is 78.4 Å². The Morgan fingerprint density at radius 1 is 0.232 bits per heavy atom. The van der Waals surface area contributed by atoms with Crippen molar-refractivity contribution in [3.05, 3.63) is 287 Å².